The van der Waals surface area contributed by atoms with Crippen molar-refractivity contribution in [1.29, 1.82) is 0 Å². The summed E-state index contributed by atoms with van der Waals surface area (Å²) in [5, 5.41) is 30.4. The molecule has 0 unspecified atom stereocenters. The largest absolute Gasteiger partial charge is 0.507 e. The van der Waals surface area contributed by atoms with E-state index >= 15 is 0 Å². The summed E-state index contributed by atoms with van der Waals surface area (Å²) in [4.78, 5) is 112. The Hall–Kier alpha value is -6.34. The number of aromatic hydroxyl groups is 1. The van der Waals surface area contributed by atoms with E-state index in [-0.39, 0.29) is 92.4 Å². The molecular weight excluding hydrogens is 1140 g/mol. The lowest BCUT2D eigenvalue weighted by atomic mass is 9.83. The highest BCUT2D eigenvalue weighted by molar-refractivity contribution is 8.77. The number of benzene rings is 2. The molecule has 8 atom stereocenters. The predicted octanol–water partition coefficient (Wildman–Crippen LogP) is 7.26. The molecule has 7 rings (SSSR count). The first kappa shape index (κ1) is 64.2. The highest BCUT2D eigenvalue weighted by atomic mass is 35.5. The number of amides is 6. The summed E-state index contributed by atoms with van der Waals surface area (Å²) in [7, 11) is 8.84. The van der Waals surface area contributed by atoms with Gasteiger partial charge < -0.3 is 48.5 Å². The average Bonchev–Trinajstić information content (AvgIpc) is 4.08. The SMILES string of the molecule is COc1cc2cc(c1Cl)N(C)C(=O)C[C@H](OC(=O)[C@H](C)N(C)C(=O)CCSSC(C)(C)CC(=O)N/N=C1\CCc3cc(OCCCC(=O)ON4C(=O)CCC4=O)cc(O)c31)[C@@]1(C)C[C@H]1[C@H](C)[C@@H]1C[C@@](O)(NC(=O)O1)[C@H](OC)/C=C/C=C(\C)C2. The number of phenolic OH excluding ortho intramolecular Hbond substituents is 1. The molecule has 3 aliphatic heterocycles. The quantitative estimate of drug-likeness (QED) is 0.0354. The van der Waals surface area contributed by atoms with Gasteiger partial charge in [-0.3, -0.25) is 29.3 Å². The number of aryl methyl sites for hydroxylation is 1. The van der Waals surface area contributed by atoms with Gasteiger partial charge >= 0.3 is 18.0 Å². The summed E-state index contributed by atoms with van der Waals surface area (Å²) in [6, 6.07) is 5.72. The molecule has 6 amide bonds. The number of allylic oxidation sites excluding steroid dienone is 3. The molecule has 452 valence electrons. The van der Waals surface area contributed by atoms with Gasteiger partial charge in [-0.25, -0.2) is 19.8 Å². The molecule has 5 aliphatic rings. The van der Waals surface area contributed by atoms with Crippen LogP contribution in [0.15, 0.2) is 53.2 Å². The number of anilines is 1. The number of hydrogen-bond acceptors (Lipinski definition) is 19. The van der Waals surface area contributed by atoms with Crippen LogP contribution in [0.1, 0.15) is 122 Å². The lowest BCUT2D eigenvalue weighted by Crippen LogP contribution is -2.63. The van der Waals surface area contributed by atoms with Crippen molar-refractivity contribution in [3.05, 3.63) is 69.8 Å². The summed E-state index contributed by atoms with van der Waals surface area (Å²) in [5.41, 5.74) is 3.83. The molecule has 0 radical (unpaired) electrons. The minimum atomic E-state index is -1.83. The Labute approximate surface area is 496 Å². The Morgan fingerprint density at radius 2 is 1.76 bits per heavy atom. The number of aliphatic hydroxyl groups is 1. The van der Waals surface area contributed by atoms with E-state index in [4.69, 9.17) is 40.1 Å². The summed E-state index contributed by atoms with van der Waals surface area (Å²) >= 11 is 6.86. The number of esters is 1. The van der Waals surface area contributed by atoms with Gasteiger partial charge in [-0.05, 0) is 101 Å². The Kier molecular flexibility index (Phi) is 21.0. The second-order valence-electron chi connectivity index (χ2n) is 22.7. The Morgan fingerprint density at radius 3 is 2.46 bits per heavy atom. The van der Waals surface area contributed by atoms with Gasteiger partial charge in [0.15, 0.2) is 5.72 Å². The van der Waals surface area contributed by atoms with Gasteiger partial charge in [0.2, 0.25) is 17.7 Å². The van der Waals surface area contributed by atoms with Crippen LogP contribution in [0.5, 0.6) is 17.2 Å². The first-order chi connectivity index (χ1) is 39.2. The van der Waals surface area contributed by atoms with E-state index in [0.29, 0.717) is 65.0 Å². The first-order valence-corrected chi connectivity index (χ1v) is 30.3. The molecule has 4 N–H and O–H groups in total. The molecule has 0 aromatic heterocycles. The zero-order chi connectivity index (χ0) is 60.7. The Morgan fingerprint density at radius 1 is 1.04 bits per heavy atom. The summed E-state index contributed by atoms with van der Waals surface area (Å²) < 4.78 is 28.6. The number of carbonyl (C=O) groups is 8. The number of fused-ring (bicyclic) bond motifs is 6. The number of phenols is 1. The number of likely N-dealkylation sites (N-methyl/N-ethyl adjacent to an activating group) is 1. The fourth-order valence-electron chi connectivity index (χ4n) is 10.8. The van der Waals surface area contributed by atoms with E-state index in [1.807, 2.05) is 40.7 Å². The topological polar surface area (TPSA) is 279 Å². The number of imide groups is 1. The van der Waals surface area contributed by atoms with Gasteiger partial charge in [0.25, 0.3) is 11.8 Å². The minimum Gasteiger partial charge on any atom is -0.507 e. The number of nitrogens with zero attached hydrogens (tertiary/aromatic N) is 4. The zero-order valence-electron chi connectivity index (χ0n) is 48.5. The molecule has 2 aromatic rings. The lowest BCUT2D eigenvalue weighted by Gasteiger charge is -2.42. The van der Waals surface area contributed by atoms with Crippen LogP contribution >= 0.6 is 33.2 Å². The number of hydroxylamine groups is 2. The highest BCUT2D eigenvalue weighted by Crippen LogP contribution is 2.61. The maximum atomic E-state index is 14.5. The predicted molar refractivity (Wildman–Crippen MR) is 310 cm³/mol. The van der Waals surface area contributed by atoms with E-state index in [1.54, 1.807) is 44.3 Å². The van der Waals surface area contributed by atoms with E-state index in [9.17, 15) is 48.6 Å². The molecule has 1 saturated carbocycles. The maximum absolute atomic E-state index is 14.5. The van der Waals surface area contributed by atoms with Gasteiger partial charge in [0, 0.05) is 80.9 Å². The summed E-state index contributed by atoms with van der Waals surface area (Å²) in [6.45, 7) is 11.2. The van der Waals surface area contributed by atoms with Crippen molar-refractivity contribution >= 4 is 92.2 Å². The number of hydrazone groups is 1. The molecule has 25 heteroatoms. The Bertz CT molecular complexity index is 2940. The number of ether oxygens (including phenoxy) is 5. The van der Waals surface area contributed by atoms with Crippen molar-refractivity contribution in [2.75, 3.05) is 45.6 Å². The molecule has 3 heterocycles. The van der Waals surface area contributed by atoms with Crippen molar-refractivity contribution in [2.24, 2.45) is 22.4 Å². The third kappa shape index (κ3) is 15.7. The number of rotatable bonds is 19. The zero-order valence-corrected chi connectivity index (χ0v) is 50.9. The number of hydrogen-bond donors (Lipinski definition) is 4. The number of carbonyl (C=O) groups excluding carboxylic acids is 8. The number of alkyl carbamates (subject to hydrolysis) is 1. The van der Waals surface area contributed by atoms with E-state index < -0.39 is 76.0 Å². The fraction of sp³-hybridized carbons (Fsp3) is 0.569. The Balaban J connectivity index is 0.925. The number of methoxy groups -OCH3 is 2. The molecule has 0 spiro atoms. The van der Waals surface area contributed by atoms with Crippen LogP contribution < -0.4 is 25.1 Å². The van der Waals surface area contributed by atoms with Crippen LogP contribution in [0.25, 0.3) is 0 Å². The molecule has 83 heavy (non-hydrogen) atoms. The van der Waals surface area contributed by atoms with E-state index in [2.05, 4.69) is 15.8 Å². The third-order valence-corrected chi connectivity index (χ3v) is 19.6. The van der Waals surface area contributed by atoms with Crippen LogP contribution in [0.3, 0.4) is 0 Å². The van der Waals surface area contributed by atoms with Gasteiger partial charge in [-0.2, -0.15) is 5.10 Å². The molecule has 2 saturated heterocycles. The van der Waals surface area contributed by atoms with Crippen molar-refractivity contribution in [1.82, 2.24) is 20.7 Å². The van der Waals surface area contributed by atoms with Gasteiger partial charge in [0.1, 0.15) is 46.6 Å². The monoisotopic (exact) mass is 1210 g/mol. The van der Waals surface area contributed by atoms with Gasteiger partial charge in [-0.1, -0.05) is 70.8 Å². The van der Waals surface area contributed by atoms with Crippen LogP contribution in [-0.2, 0) is 65.5 Å². The van der Waals surface area contributed by atoms with Gasteiger partial charge in [-0.15, -0.1) is 5.06 Å². The summed E-state index contributed by atoms with van der Waals surface area (Å²) in [6.07, 6.45) is 3.62. The molecule has 22 nitrogen and oxygen atoms in total. The average molecular weight is 1210 g/mol. The second kappa shape index (κ2) is 27.1. The smallest absolute Gasteiger partial charge is 0.409 e. The minimum absolute atomic E-state index is 0.00188. The van der Waals surface area contributed by atoms with Gasteiger partial charge in [0.05, 0.1) is 38.0 Å². The number of halogens is 1. The first-order valence-electron chi connectivity index (χ1n) is 27.6. The molecule has 4 bridgehead atoms. The third-order valence-electron chi connectivity index (χ3n) is 15.9. The van der Waals surface area contributed by atoms with Crippen LogP contribution in [0.2, 0.25) is 5.02 Å². The lowest BCUT2D eigenvalue weighted by molar-refractivity contribution is -0.197. The van der Waals surface area contributed by atoms with E-state index in [0.717, 1.165) is 16.7 Å². The normalized spacial score (nSPS) is 26.4. The van der Waals surface area contributed by atoms with Crippen LogP contribution in [0, 0.1) is 17.3 Å². The molecule has 2 aliphatic carbocycles. The molecule has 2 aromatic carbocycles. The van der Waals surface area contributed by atoms with Crippen LogP contribution in [0.4, 0.5) is 10.5 Å². The van der Waals surface area contributed by atoms with Crippen molar-refractivity contribution < 1.29 is 77.1 Å². The molecule has 3 fully saturated rings. The standard InChI is InChI=1S/C58H75ClN6O16S2/c1-32-13-11-14-44(77-10)58(75)30-43(79-55(74)60-58)33(2)38-29-57(38,6)45(28-50(71)64(8)40-24-35(23-32)25-42(76-9)53(40)59)80-54(73)34(3)63(7)47(68)20-22-82-83-56(4,5)31-46(67)62-61-39-17-16-36-26-37(27-41(66)52(36)39)78-21-12-15-51(72)81-65-48(69)18-19-49(65)70/h11,13-14,24-27,33-34,38,43-45,66,75H,12,15-23,28-31H2,1-10H3,(H,60,74)(H,62,67)/b14-11+,32-13+,61-39+/t33-,34-,38-,43-,44+,45-,57-,58-/m0/s1. The fourth-order valence-corrected chi connectivity index (χ4v) is 13.6. The second-order valence-corrected chi connectivity index (χ2v) is 26.2. The molecular formula is C58H75ClN6O16S2. The maximum Gasteiger partial charge on any atom is 0.409 e. The van der Waals surface area contributed by atoms with Crippen molar-refractivity contribution in [2.45, 2.75) is 153 Å². The van der Waals surface area contributed by atoms with Crippen molar-refractivity contribution in [3.8, 4) is 17.2 Å². The summed E-state index contributed by atoms with van der Waals surface area (Å²) in [5.74, 6) is -3.30. The van der Waals surface area contributed by atoms with E-state index in [1.165, 1.54) is 58.7 Å². The van der Waals surface area contributed by atoms with Crippen LogP contribution in [-0.4, -0.2) is 149 Å². The van der Waals surface area contributed by atoms with Crippen molar-refractivity contribution in [3.63, 3.8) is 0 Å². The highest BCUT2D eigenvalue weighted by Gasteiger charge is 2.62. The number of nitrogens with one attached hydrogen (secondary N) is 2.